The standard InChI is InChI=1S/C15H17FN2O2S/c1-9(19)14-12(17)13(20-3)15(21-14)18(2)8-10-4-6-11(16)7-5-10/h4-7H,8,17H2,1-3H3. The van der Waals surface area contributed by atoms with Gasteiger partial charge in [-0.3, -0.25) is 4.79 Å². The van der Waals surface area contributed by atoms with E-state index in [2.05, 4.69) is 0 Å². The zero-order valence-electron chi connectivity index (χ0n) is 12.1. The average molecular weight is 308 g/mol. The van der Waals surface area contributed by atoms with Gasteiger partial charge in [0, 0.05) is 20.5 Å². The molecule has 0 aliphatic carbocycles. The monoisotopic (exact) mass is 308 g/mol. The van der Waals surface area contributed by atoms with Gasteiger partial charge in [0.1, 0.15) is 10.8 Å². The number of methoxy groups -OCH3 is 1. The Morgan fingerprint density at radius 1 is 1.38 bits per heavy atom. The number of halogens is 1. The molecule has 0 aliphatic rings. The maximum Gasteiger partial charge on any atom is 0.177 e. The van der Waals surface area contributed by atoms with E-state index in [1.54, 1.807) is 12.1 Å². The highest BCUT2D eigenvalue weighted by atomic mass is 32.1. The van der Waals surface area contributed by atoms with Crippen molar-refractivity contribution < 1.29 is 13.9 Å². The summed E-state index contributed by atoms with van der Waals surface area (Å²) < 4.78 is 18.2. The van der Waals surface area contributed by atoms with Crippen LogP contribution < -0.4 is 15.4 Å². The number of ether oxygens (including phenoxy) is 1. The fourth-order valence-electron chi connectivity index (χ4n) is 2.06. The molecule has 0 unspecified atom stereocenters. The summed E-state index contributed by atoms with van der Waals surface area (Å²) in [5.41, 5.74) is 7.28. The SMILES string of the molecule is COc1c(N(C)Cc2ccc(F)cc2)sc(C(C)=O)c1N. The first-order valence-electron chi connectivity index (χ1n) is 6.36. The van der Waals surface area contributed by atoms with Crippen LogP contribution in [0.25, 0.3) is 0 Å². The first-order valence-corrected chi connectivity index (χ1v) is 7.18. The lowest BCUT2D eigenvalue weighted by Crippen LogP contribution is -2.15. The molecule has 1 aromatic heterocycles. The lowest BCUT2D eigenvalue weighted by atomic mass is 10.2. The zero-order valence-corrected chi connectivity index (χ0v) is 13.0. The molecule has 0 spiro atoms. The van der Waals surface area contributed by atoms with Crippen molar-refractivity contribution in [2.24, 2.45) is 0 Å². The van der Waals surface area contributed by atoms with Crippen LogP contribution in [0.1, 0.15) is 22.2 Å². The van der Waals surface area contributed by atoms with E-state index in [0.29, 0.717) is 22.9 Å². The Labute approximate surface area is 126 Å². The number of carbonyl (C=O) groups is 1. The number of thiophene rings is 1. The minimum atomic E-state index is -0.266. The molecule has 0 atom stereocenters. The van der Waals surface area contributed by atoms with Crippen molar-refractivity contribution >= 4 is 27.8 Å². The first-order chi connectivity index (χ1) is 9.93. The molecule has 0 radical (unpaired) electrons. The van der Waals surface area contributed by atoms with Crippen LogP contribution in [0.5, 0.6) is 5.75 Å². The van der Waals surface area contributed by atoms with Gasteiger partial charge in [0.2, 0.25) is 0 Å². The summed E-state index contributed by atoms with van der Waals surface area (Å²) in [6.45, 7) is 2.04. The van der Waals surface area contributed by atoms with Gasteiger partial charge < -0.3 is 15.4 Å². The predicted molar refractivity (Wildman–Crippen MR) is 83.8 cm³/mol. The Morgan fingerprint density at radius 3 is 2.52 bits per heavy atom. The third kappa shape index (κ3) is 3.16. The van der Waals surface area contributed by atoms with Crippen molar-refractivity contribution in [3.05, 3.63) is 40.5 Å². The molecule has 112 valence electrons. The molecule has 21 heavy (non-hydrogen) atoms. The summed E-state index contributed by atoms with van der Waals surface area (Å²) in [6.07, 6.45) is 0. The van der Waals surface area contributed by atoms with E-state index in [4.69, 9.17) is 10.5 Å². The molecule has 2 aromatic rings. The Balaban J connectivity index is 2.30. The van der Waals surface area contributed by atoms with Crippen molar-refractivity contribution in [2.75, 3.05) is 24.8 Å². The number of hydrogen-bond acceptors (Lipinski definition) is 5. The van der Waals surface area contributed by atoms with Crippen LogP contribution in [0.2, 0.25) is 0 Å². The van der Waals surface area contributed by atoms with Crippen molar-refractivity contribution in [3.63, 3.8) is 0 Å². The van der Waals surface area contributed by atoms with Crippen LogP contribution in [0, 0.1) is 5.82 Å². The summed E-state index contributed by atoms with van der Waals surface area (Å²) in [5, 5.41) is 0.782. The molecule has 0 saturated heterocycles. The number of hydrogen-bond donors (Lipinski definition) is 1. The van der Waals surface area contributed by atoms with Crippen molar-refractivity contribution in [2.45, 2.75) is 13.5 Å². The second-order valence-corrected chi connectivity index (χ2v) is 5.72. The van der Waals surface area contributed by atoms with Gasteiger partial charge in [-0.05, 0) is 17.7 Å². The summed E-state index contributed by atoms with van der Waals surface area (Å²) in [7, 11) is 3.40. The van der Waals surface area contributed by atoms with E-state index < -0.39 is 0 Å². The number of benzene rings is 1. The Morgan fingerprint density at radius 2 is 2.00 bits per heavy atom. The fraction of sp³-hybridized carbons (Fsp3) is 0.267. The van der Waals surface area contributed by atoms with Gasteiger partial charge in [-0.2, -0.15) is 0 Å². The fourth-order valence-corrected chi connectivity index (χ4v) is 3.11. The average Bonchev–Trinajstić information content (AvgIpc) is 2.78. The second kappa shape index (κ2) is 6.13. The molecule has 2 N–H and O–H groups in total. The number of nitrogen functional groups attached to an aromatic ring is 1. The van der Waals surface area contributed by atoms with E-state index in [0.717, 1.165) is 10.6 Å². The molecule has 0 aliphatic heterocycles. The van der Waals surface area contributed by atoms with Crippen LogP contribution in [-0.2, 0) is 6.54 Å². The maximum absolute atomic E-state index is 12.9. The van der Waals surface area contributed by atoms with Crippen molar-refractivity contribution in [1.82, 2.24) is 0 Å². The number of Topliss-reactive ketones (excluding diaryl/α,β-unsaturated/α-hetero) is 1. The van der Waals surface area contributed by atoms with Crippen LogP contribution in [-0.4, -0.2) is 19.9 Å². The number of carbonyl (C=O) groups excluding carboxylic acids is 1. The molecule has 2 rings (SSSR count). The van der Waals surface area contributed by atoms with Gasteiger partial charge in [-0.1, -0.05) is 12.1 Å². The summed E-state index contributed by atoms with van der Waals surface area (Å²) >= 11 is 1.30. The van der Waals surface area contributed by atoms with Crippen LogP contribution in [0.3, 0.4) is 0 Å². The van der Waals surface area contributed by atoms with E-state index in [9.17, 15) is 9.18 Å². The van der Waals surface area contributed by atoms with E-state index in [1.807, 2.05) is 11.9 Å². The Kier molecular flexibility index (Phi) is 4.47. The highest BCUT2D eigenvalue weighted by molar-refractivity contribution is 7.19. The van der Waals surface area contributed by atoms with Crippen molar-refractivity contribution in [3.8, 4) is 5.75 Å². The van der Waals surface area contributed by atoms with Gasteiger partial charge in [0.25, 0.3) is 0 Å². The van der Waals surface area contributed by atoms with Crippen LogP contribution in [0.4, 0.5) is 15.1 Å². The van der Waals surface area contributed by atoms with Crippen molar-refractivity contribution in [1.29, 1.82) is 0 Å². The minimum Gasteiger partial charge on any atom is -0.492 e. The Bertz CT molecular complexity index is 652. The molecule has 0 saturated carbocycles. The first kappa shape index (κ1) is 15.3. The summed E-state index contributed by atoms with van der Waals surface area (Å²) in [4.78, 5) is 14.0. The maximum atomic E-state index is 12.9. The van der Waals surface area contributed by atoms with Crippen LogP contribution in [0.15, 0.2) is 24.3 Å². The van der Waals surface area contributed by atoms with Gasteiger partial charge in [0.15, 0.2) is 11.5 Å². The molecular weight excluding hydrogens is 291 g/mol. The quantitative estimate of drug-likeness (QED) is 0.861. The lowest BCUT2D eigenvalue weighted by molar-refractivity contribution is 0.102. The number of ketones is 1. The topological polar surface area (TPSA) is 55.6 Å². The van der Waals surface area contributed by atoms with Crippen LogP contribution >= 0.6 is 11.3 Å². The lowest BCUT2D eigenvalue weighted by Gasteiger charge is -2.18. The molecule has 1 aromatic carbocycles. The zero-order chi connectivity index (χ0) is 15.6. The second-order valence-electron chi connectivity index (χ2n) is 4.72. The molecule has 4 nitrogen and oxygen atoms in total. The normalized spacial score (nSPS) is 10.5. The highest BCUT2D eigenvalue weighted by Gasteiger charge is 2.22. The number of nitrogens with two attached hydrogens (primary N) is 1. The van der Waals surface area contributed by atoms with Gasteiger partial charge >= 0.3 is 0 Å². The van der Waals surface area contributed by atoms with Gasteiger partial charge in [0.05, 0.1) is 17.7 Å². The van der Waals surface area contributed by atoms with Gasteiger partial charge in [-0.15, -0.1) is 11.3 Å². The molecule has 0 bridgehead atoms. The predicted octanol–water partition coefficient (Wildman–Crippen LogP) is 3.32. The smallest absolute Gasteiger partial charge is 0.177 e. The molecule has 1 heterocycles. The summed E-state index contributed by atoms with van der Waals surface area (Å²) in [6, 6.07) is 6.29. The van der Waals surface area contributed by atoms with E-state index >= 15 is 0 Å². The third-order valence-electron chi connectivity index (χ3n) is 3.09. The summed E-state index contributed by atoms with van der Waals surface area (Å²) in [5.74, 6) is 0.158. The number of rotatable bonds is 5. The van der Waals surface area contributed by atoms with E-state index in [-0.39, 0.29) is 11.6 Å². The Hall–Kier alpha value is -2.08. The van der Waals surface area contributed by atoms with Gasteiger partial charge in [-0.25, -0.2) is 4.39 Å². The molecule has 0 fully saturated rings. The molecule has 0 amide bonds. The minimum absolute atomic E-state index is 0.0859. The number of anilines is 2. The number of nitrogens with zero attached hydrogens (tertiary/aromatic N) is 1. The molecular formula is C15H17FN2O2S. The third-order valence-corrected chi connectivity index (χ3v) is 4.49. The molecule has 6 heteroatoms. The largest absolute Gasteiger partial charge is 0.492 e. The van der Waals surface area contributed by atoms with E-state index in [1.165, 1.54) is 37.5 Å². The highest BCUT2D eigenvalue weighted by Crippen LogP contribution is 2.44.